The Balaban J connectivity index is 2.08. The number of morpholine rings is 1. The van der Waals surface area contributed by atoms with E-state index in [-0.39, 0.29) is 18.0 Å². The standard InChI is InChI=1S/C13H18FNO/c1-3-12-8-16-13(9(2)15-12)10-4-6-11(14)7-5-10/h4-7,9,12-13,15H,3,8H2,1-2H3. The van der Waals surface area contributed by atoms with Gasteiger partial charge in [0.05, 0.1) is 12.7 Å². The molecule has 0 aromatic heterocycles. The zero-order chi connectivity index (χ0) is 11.5. The molecule has 0 amide bonds. The minimum Gasteiger partial charge on any atom is -0.370 e. The molecule has 1 N–H and O–H groups in total. The van der Waals surface area contributed by atoms with Gasteiger partial charge in [0.2, 0.25) is 0 Å². The highest BCUT2D eigenvalue weighted by Crippen LogP contribution is 2.25. The van der Waals surface area contributed by atoms with E-state index in [1.165, 1.54) is 12.1 Å². The van der Waals surface area contributed by atoms with Gasteiger partial charge >= 0.3 is 0 Å². The highest BCUT2D eigenvalue weighted by atomic mass is 19.1. The van der Waals surface area contributed by atoms with Crippen LogP contribution in [-0.4, -0.2) is 18.7 Å². The molecule has 1 heterocycles. The maximum Gasteiger partial charge on any atom is 0.123 e. The molecule has 0 aliphatic carbocycles. The minimum atomic E-state index is -0.202. The third-order valence-electron chi connectivity index (χ3n) is 3.12. The number of halogens is 1. The maximum absolute atomic E-state index is 12.8. The molecule has 2 rings (SSSR count). The lowest BCUT2D eigenvalue weighted by atomic mass is 10.00. The smallest absolute Gasteiger partial charge is 0.123 e. The molecular formula is C13H18FNO. The molecule has 3 unspecified atom stereocenters. The Morgan fingerprint density at radius 2 is 2.06 bits per heavy atom. The van der Waals surface area contributed by atoms with Gasteiger partial charge in [-0.25, -0.2) is 4.39 Å². The molecule has 1 aromatic carbocycles. The van der Waals surface area contributed by atoms with E-state index in [2.05, 4.69) is 19.2 Å². The molecule has 1 aromatic rings. The lowest BCUT2D eigenvalue weighted by Gasteiger charge is -2.35. The lowest BCUT2D eigenvalue weighted by molar-refractivity contribution is -0.0252. The second-order valence-corrected chi connectivity index (χ2v) is 4.37. The molecule has 0 radical (unpaired) electrons. The van der Waals surface area contributed by atoms with Gasteiger partial charge in [-0.3, -0.25) is 0 Å². The topological polar surface area (TPSA) is 21.3 Å². The minimum absolute atomic E-state index is 0.0309. The summed E-state index contributed by atoms with van der Waals surface area (Å²) in [5, 5.41) is 3.51. The van der Waals surface area contributed by atoms with Crippen molar-refractivity contribution in [1.82, 2.24) is 5.32 Å². The fraction of sp³-hybridized carbons (Fsp3) is 0.538. The van der Waals surface area contributed by atoms with E-state index in [0.717, 1.165) is 18.6 Å². The van der Waals surface area contributed by atoms with E-state index in [1.54, 1.807) is 12.1 Å². The van der Waals surface area contributed by atoms with Crippen LogP contribution in [0.25, 0.3) is 0 Å². The summed E-state index contributed by atoms with van der Waals surface area (Å²) >= 11 is 0. The summed E-state index contributed by atoms with van der Waals surface area (Å²) in [6, 6.07) is 7.26. The molecule has 1 aliphatic rings. The van der Waals surface area contributed by atoms with Gasteiger partial charge in [-0.1, -0.05) is 19.1 Å². The monoisotopic (exact) mass is 223 g/mol. The normalized spacial score (nSPS) is 30.3. The van der Waals surface area contributed by atoms with Crippen molar-refractivity contribution < 1.29 is 9.13 Å². The van der Waals surface area contributed by atoms with Crippen molar-refractivity contribution in [2.45, 2.75) is 38.5 Å². The average molecular weight is 223 g/mol. The van der Waals surface area contributed by atoms with Crippen LogP contribution in [0.2, 0.25) is 0 Å². The summed E-state index contributed by atoms with van der Waals surface area (Å²) in [5.41, 5.74) is 1.04. The summed E-state index contributed by atoms with van der Waals surface area (Å²) in [7, 11) is 0. The van der Waals surface area contributed by atoms with E-state index in [0.29, 0.717) is 6.04 Å². The van der Waals surface area contributed by atoms with Crippen LogP contribution in [0.3, 0.4) is 0 Å². The highest BCUT2D eigenvalue weighted by molar-refractivity contribution is 5.20. The number of nitrogens with one attached hydrogen (secondary N) is 1. The Morgan fingerprint density at radius 3 is 2.62 bits per heavy atom. The number of rotatable bonds is 2. The Hall–Kier alpha value is -0.930. The molecule has 0 saturated carbocycles. The van der Waals surface area contributed by atoms with E-state index in [1.807, 2.05) is 0 Å². The van der Waals surface area contributed by atoms with Gasteiger partial charge in [0.1, 0.15) is 5.82 Å². The molecule has 1 fully saturated rings. The van der Waals surface area contributed by atoms with Crippen LogP contribution in [0, 0.1) is 5.82 Å². The van der Waals surface area contributed by atoms with Crippen LogP contribution >= 0.6 is 0 Å². The van der Waals surface area contributed by atoms with Gasteiger partial charge in [0.15, 0.2) is 0 Å². The fourth-order valence-corrected chi connectivity index (χ4v) is 2.14. The molecule has 88 valence electrons. The Bertz CT molecular complexity index is 338. The molecule has 1 saturated heterocycles. The zero-order valence-corrected chi connectivity index (χ0v) is 9.74. The molecule has 3 heteroatoms. The third kappa shape index (κ3) is 2.42. The van der Waals surface area contributed by atoms with E-state index >= 15 is 0 Å². The largest absolute Gasteiger partial charge is 0.370 e. The van der Waals surface area contributed by atoms with Crippen LogP contribution in [0.1, 0.15) is 31.9 Å². The van der Waals surface area contributed by atoms with Crippen LogP contribution in [-0.2, 0) is 4.74 Å². The van der Waals surface area contributed by atoms with Crippen LogP contribution in [0.15, 0.2) is 24.3 Å². The second kappa shape index (κ2) is 4.93. The predicted molar refractivity (Wildman–Crippen MR) is 61.8 cm³/mol. The molecule has 16 heavy (non-hydrogen) atoms. The van der Waals surface area contributed by atoms with Crippen LogP contribution in [0.4, 0.5) is 4.39 Å². The molecule has 0 spiro atoms. The van der Waals surface area contributed by atoms with Gasteiger partial charge in [0.25, 0.3) is 0 Å². The molecule has 2 nitrogen and oxygen atoms in total. The lowest BCUT2D eigenvalue weighted by Crippen LogP contribution is -2.48. The Morgan fingerprint density at radius 1 is 1.38 bits per heavy atom. The summed E-state index contributed by atoms with van der Waals surface area (Å²) in [6.45, 7) is 4.98. The number of hydrogen-bond donors (Lipinski definition) is 1. The maximum atomic E-state index is 12.8. The third-order valence-corrected chi connectivity index (χ3v) is 3.12. The Labute approximate surface area is 95.8 Å². The second-order valence-electron chi connectivity index (χ2n) is 4.37. The molecule has 3 atom stereocenters. The summed E-state index contributed by atoms with van der Waals surface area (Å²) in [6.07, 6.45) is 1.10. The first-order valence-electron chi connectivity index (χ1n) is 5.84. The fourth-order valence-electron chi connectivity index (χ4n) is 2.14. The molecule has 1 aliphatic heterocycles. The first-order valence-corrected chi connectivity index (χ1v) is 5.84. The van der Waals surface area contributed by atoms with Crippen molar-refractivity contribution in [3.05, 3.63) is 35.6 Å². The van der Waals surface area contributed by atoms with E-state index in [4.69, 9.17) is 4.74 Å². The number of ether oxygens (including phenoxy) is 1. The van der Waals surface area contributed by atoms with Crippen molar-refractivity contribution in [1.29, 1.82) is 0 Å². The van der Waals surface area contributed by atoms with Crippen molar-refractivity contribution in [3.63, 3.8) is 0 Å². The summed E-state index contributed by atoms with van der Waals surface area (Å²) in [4.78, 5) is 0. The Kier molecular flexibility index (Phi) is 3.56. The number of hydrogen-bond acceptors (Lipinski definition) is 2. The quantitative estimate of drug-likeness (QED) is 0.832. The van der Waals surface area contributed by atoms with Crippen LogP contribution < -0.4 is 5.32 Å². The van der Waals surface area contributed by atoms with Gasteiger partial charge in [-0.2, -0.15) is 0 Å². The zero-order valence-electron chi connectivity index (χ0n) is 9.74. The van der Waals surface area contributed by atoms with Crippen molar-refractivity contribution in [2.24, 2.45) is 0 Å². The van der Waals surface area contributed by atoms with Gasteiger partial charge in [-0.15, -0.1) is 0 Å². The van der Waals surface area contributed by atoms with Crippen molar-refractivity contribution in [2.75, 3.05) is 6.61 Å². The summed E-state index contributed by atoms with van der Waals surface area (Å²) < 4.78 is 18.6. The first kappa shape index (κ1) is 11.6. The highest BCUT2D eigenvalue weighted by Gasteiger charge is 2.27. The number of benzene rings is 1. The van der Waals surface area contributed by atoms with Crippen molar-refractivity contribution in [3.8, 4) is 0 Å². The SMILES string of the molecule is CCC1COC(c2ccc(F)cc2)C(C)N1. The first-order chi connectivity index (χ1) is 7.70. The van der Waals surface area contributed by atoms with Crippen LogP contribution in [0.5, 0.6) is 0 Å². The molecular weight excluding hydrogens is 205 g/mol. The van der Waals surface area contributed by atoms with Gasteiger partial charge < -0.3 is 10.1 Å². The van der Waals surface area contributed by atoms with Crippen molar-refractivity contribution >= 4 is 0 Å². The van der Waals surface area contributed by atoms with E-state index < -0.39 is 0 Å². The summed E-state index contributed by atoms with van der Waals surface area (Å²) in [5.74, 6) is -0.202. The van der Waals surface area contributed by atoms with Gasteiger partial charge in [-0.05, 0) is 31.0 Å². The molecule has 0 bridgehead atoms. The van der Waals surface area contributed by atoms with E-state index in [9.17, 15) is 4.39 Å². The predicted octanol–water partition coefficient (Wildman–Crippen LogP) is 2.65. The average Bonchev–Trinajstić information content (AvgIpc) is 2.30. The van der Waals surface area contributed by atoms with Gasteiger partial charge in [0, 0.05) is 12.1 Å².